The van der Waals surface area contributed by atoms with Crippen molar-refractivity contribution in [2.45, 2.75) is 19.8 Å². The molecule has 178 valence electrons. The first-order valence-electron chi connectivity index (χ1n) is 10.6. The van der Waals surface area contributed by atoms with Crippen molar-refractivity contribution in [3.8, 4) is 17.2 Å². The Morgan fingerprint density at radius 3 is 2.31 bits per heavy atom. The number of guanidine groups is 1. The summed E-state index contributed by atoms with van der Waals surface area (Å²) < 4.78 is 20.8. The maximum atomic E-state index is 5.85. The Kier molecular flexibility index (Phi) is 11.1. The molecule has 0 saturated carbocycles. The SMILES string of the molecule is CCc1nsc(N2CCN(C(=NC)NCCCOc3cc(OC)cc(OC)c3)CC2)n1.I. The lowest BCUT2D eigenvalue weighted by molar-refractivity contribution is 0.303. The maximum absolute atomic E-state index is 5.85. The van der Waals surface area contributed by atoms with Crippen molar-refractivity contribution in [1.29, 1.82) is 0 Å². The molecule has 2 aromatic rings. The van der Waals surface area contributed by atoms with E-state index in [0.29, 0.717) is 18.1 Å². The minimum atomic E-state index is 0. The highest BCUT2D eigenvalue weighted by atomic mass is 127. The smallest absolute Gasteiger partial charge is 0.205 e. The molecule has 3 rings (SSSR count). The molecule has 0 atom stereocenters. The van der Waals surface area contributed by atoms with Crippen LogP contribution in [0.2, 0.25) is 0 Å². The molecule has 0 aliphatic carbocycles. The number of aromatic nitrogens is 2. The molecular formula is C21H33IN6O3S. The zero-order valence-corrected chi connectivity index (χ0v) is 22.3. The van der Waals surface area contributed by atoms with Crippen LogP contribution in [0.25, 0.3) is 0 Å². The molecule has 1 N–H and O–H groups in total. The van der Waals surface area contributed by atoms with Crippen LogP contribution >= 0.6 is 35.5 Å². The molecule has 2 heterocycles. The van der Waals surface area contributed by atoms with E-state index in [-0.39, 0.29) is 24.0 Å². The van der Waals surface area contributed by atoms with Gasteiger partial charge in [0.15, 0.2) is 5.96 Å². The predicted octanol–water partition coefficient (Wildman–Crippen LogP) is 2.90. The number of hydrogen-bond acceptors (Lipinski definition) is 8. The number of aliphatic imine (C=N–C) groups is 1. The molecule has 32 heavy (non-hydrogen) atoms. The van der Waals surface area contributed by atoms with Gasteiger partial charge >= 0.3 is 0 Å². The van der Waals surface area contributed by atoms with Gasteiger partial charge in [-0.25, -0.2) is 4.98 Å². The Hall–Kier alpha value is -2.02. The molecule has 0 unspecified atom stereocenters. The molecule has 1 aliphatic rings. The van der Waals surface area contributed by atoms with E-state index in [0.717, 1.165) is 68.2 Å². The monoisotopic (exact) mass is 576 g/mol. The van der Waals surface area contributed by atoms with Gasteiger partial charge in [-0.05, 0) is 6.42 Å². The van der Waals surface area contributed by atoms with Gasteiger partial charge in [-0.15, -0.1) is 24.0 Å². The van der Waals surface area contributed by atoms with Crippen LogP contribution in [0.4, 0.5) is 5.13 Å². The fourth-order valence-corrected chi connectivity index (χ4v) is 4.09. The molecule has 1 saturated heterocycles. The summed E-state index contributed by atoms with van der Waals surface area (Å²) in [5, 5.41) is 4.46. The van der Waals surface area contributed by atoms with Crippen molar-refractivity contribution in [3.05, 3.63) is 24.0 Å². The lowest BCUT2D eigenvalue weighted by Crippen LogP contribution is -2.52. The van der Waals surface area contributed by atoms with Gasteiger partial charge in [0.2, 0.25) is 5.13 Å². The number of halogens is 1. The zero-order valence-electron chi connectivity index (χ0n) is 19.2. The van der Waals surface area contributed by atoms with E-state index in [1.54, 1.807) is 14.2 Å². The molecule has 1 aliphatic heterocycles. The number of rotatable bonds is 9. The fourth-order valence-electron chi connectivity index (χ4n) is 3.29. The van der Waals surface area contributed by atoms with Crippen molar-refractivity contribution in [1.82, 2.24) is 19.6 Å². The Balaban J connectivity index is 0.00000363. The van der Waals surface area contributed by atoms with Crippen LogP contribution in [-0.4, -0.2) is 80.8 Å². The van der Waals surface area contributed by atoms with Crippen molar-refractivity contribution < 1.29 is 14.2 Å². The van der Waals surface area contributed by atoms with E-state index in [9.17, 15) is 0 Å². The zero-order chi connectivity index (χ0) is 22.1. The summed E-state index contributed by atoms with van der Waals surface area (Å²) in [7, 11) is 5.08. The Morgan fingerprint density at radius 1 is 1.09 bits per heavy atom. The molecule has 0 bridgehead atoms. The maximum Gasteiger partial charge on any atom is 0.205 e. The third-order valence-corrected chi connectivity index (χ3v) is 5.85. The number of benzene rings is 1. The summed E-state index contributed by atoms with van der Waals surface area (Å²) >= 11 is 1.49. The predicted molar refractivity (Wildman–Crippen MR) is 140 cm³/mol. The van der Waals surface area contributed by atoms with E-state index >= 15 is 0 Å². The summed E-state index contributed by atoms with van der Waals surface area (Å²) in [5.74, 6) is 4.02. The molecular weight excluding hydrogens is 543 g/mol. The van der Waals surface area contributed by atoms with E-state index < -0.39 is 0 Å². The summed E-state index contributed by atoms with van der Waals surface area (Å²) in [5.41, 5.74) is 0. The van der Waals surface area contributed by atoms with Gasteiger partial charge < -0.3 is 29.3 Å². The highest BCUT2D eigenvalue weighted by Gasteiger charge is 2.21. The standard InChI is InChI=1S/C21H32N6O3S.HI/c1-5-19-24-21(31-25-19)27-10-8-26(9-11-27)20(22-2)23-7-6-12-30-18-14-16(28-3)13-17(15-18)29-4;/h13-15H,5-12H2,1-4H3,(H,22,23);1H. The lowest BCUT2D eigenvalue weighted by atomic mass is 10.3. The minimum Gasteiger partial charge on any atom is -0.496 e. The van der Waals surface area contributed by atoms with Crippen molar-refractivity contribution in [3.63, 3.8) is 0 Å². The third-order valence-electron chi connectivity index (χ3n) is 5.03. The van der Waals surface area contributed by atoms with Crippen LogP contribution in [0.3, 0.4) is 0 Å². The Bertz CT molecular complexity index is 836. The highest BCUT2D eigenvalue weighted by Crippen LogP contribution is 2.27. The van der Waals surface area contributed by atoms with Gasteiger partial charge in [-0.1, -0.05) is 6.92 Å². The number of anilines is 1. The second-order valence-electron chi connectivity index (χ2n) is 7.05. The number of ether oxygens (including phenoxy) is 3. The van der Waals surface area contributed by atoms with Crippen LogP contribution in [0.15, 0.2) is 23.2 Å². The summed E-state index contributed by atoms with van der Waals surface area (Å²) in [6, 6.07) is 5.54. The van der Waals surface area contributed by atoms with E-state index in [4.69, 9.17) is 14.2 Å². The number of methoxy groups -OCH3 is 2. The number of nitrogens with one attached hydrogen (secondary N) is 1. The Morgan fingerprint density at radius 2 is 1.75 bits per heavy atom. The first-order chi connectivity index (χ1) is 15.2. The molecule has 1 aromatic carbocycles. The lowest BCUT2D eigenvalue weighted by Gasteiger charge is -2.36. The summed E-state index contributed by atoms with van der Waals surface area (Å²) in [6.45, 7) is 7.09. The molecule has 0 radical (unpaired) electrons. The van der Waals surface area contributed by atoms with Crippen molar-refractivity contribution in [2.75, 3.05) is 65.5 Å². The normalized spacial score (nSPS) is 14.1. The molecule has 9 nitrogen and oxygen atoms in total. The first kappa shape index (κ1) is 26.2. The van der Waals surface area contributed by atoms with E-state index in [2.05, 4.69) is 36.4 Å². The van der Waals surface area contributed by atoms with Crippen molar-refractivity contribution >= 4 is 46.6 Å². The summed E-state index contributed by atoms with van der Waals surface area (Å²) in [6.07, 6.45) is 1.73. The average Bonchev–Trinajstić information content (AvgIpc) is 3.30. The quantitative estimate of drug-likeness (QED) is 0.211. The number of nitrogens with zero attached hydrogens (tertiary/aromatic N) is 5. The van der Waals surface area contributed by atoms with E-state index in [1.807, 2.05) is 25.2 Å². The molecule has 1 fully saturated rings. The third kappa shape index (κ3) is 7.26. The van der Waals surface area contributed by atoms with Gasteiger partial charge in [0.25, 0.3) is 0 Å². The van der Waals surface area contributed by atoms with Crippen LogP contribution in [0, 0.1) is 0 Å². The molecule has 11 heteroatoms. The highest BCUT2D eigenvalue weighted by molar-refractivity contribution is 14.0. The average molecular weight is 577 g/mol. The fraction of sp³-hybridized carbons (Fsp3) is 0.571. The number of hydrogen-bond donors (Lipinski definition) is 1. The van der Waals surface area contributed by atoms with Gasteiger partial charge in [0, 0.05) is 75.9 Å². The number of piperazine rings is 1. The van der Waals surface area contributed by atoms with Crippen LogP contribution < -0.4 is 24.4 Å². The van der Waals surface area contributed by atoms with Gasteiger partial charge in [0.1, 0.15) is 23.1 Å². The van der Waals surface area contributed by atoms with Crippen molar-refractivity contribution in [2.24, 2.45) is 4.99 Å². The Labute approximate surface area is 211 Å². The van der Waals surface area contributed by atoms with Crippen LogP contribution in [0.1, 0.15) is 19.2 Å². The van der Waals surface area contributed by atoms with E-state index in [1.165, 1.54) is 11.5 Å². The minimum absolute atomic E-state index is 0. The molecule has 0 spiro atoms. The summed E-state index contributed by atoms with van der Waals surface area (Å²) in [4.78, 5) is 13.6. The second-order valence-corrected chi connectivity index (χ2v) is 7.78. The first-order valence-corrected chi connectivity index (χ1v) is 11.3. The van der Waals surface area contributed by atoms with Gasteiger partial charge in [0.05, 0.1) is 20.8 Å². The molecule has 1 aromatic heterocycles. The van der Waals surface area contributed by atoms with Crippen LogP contribution in [-0.2, 0) is 6.42 Å². The number of aryl methyl sites for hydroxylation is 1. The molecule has 0 amide bonds. The van der Waals surface area contributed by atoms with Crippen LogP contribution in [0.5, 0.6) is 17.2 Å². The second kappa shape index (κ2) is 13.5. The van der Waals surface area contributed by atoms with Gasteiger partial charge in [-0.2, -0.15) is 4.37 Å². The topological polar surface area (TPSA) is 84.3 Å². The van der Waals surface area contributed by atoms with Gasteiger partial charge in [-0.3, -0.25) is 4.99 Å². The largest absolute Gasteiger partial charge is 0.496 e.